The van der Waals surface area contributed by atoms with Crippen LogP contribution in [0.1, 0.15) is 18.4 Å². The zero-order chi connectivity index (χ0) is 11.4. The maximum Gasteiger partial charge on any atom is 0.123 e. The van der Waals surface area contributed by atoms with Crippen LogP contribution < -0.4 is 0 Å². The quantitative estimate of drug-likeness (QED) is 0.739. The predicted molar refractivity (Wildman–Crippen MR) is 63.3 cm³/mol. The highest BCUT2D eigenvalue weighted by Crippen LogP contribution is 2.33. The van der Waals surface area contributed by atoms with Crippen LogP contribution in [-0.4, -0.2) is 19.1 Å². The van der Waals surface area contributed by atoms with Crippen LogP contribution in [-0.2, 0) is 11.2 Å². The summed E-state index contributed by atoms with van der Waals surface area (Å²) in [6.45, 7) is 1.55. The average molecular weight is 243 g/mol. The number of alkyl halides is 1. The lowest BCUT2D eigenvalue weighted by Crippen LogP contribution is -2.35. The summed E-state index contributed by atoms with van der Waals surface area (Å²) in [6, 6.07) is 6.67. The molecule has 2 rings (SSSR count). The molecule has 0 amide bonds. The maximum absolute atomic E-state index is 12.8. The summed E-state index contributed by atoms with van der Waals surface area (Å²) in [5.41, 5.74) is 1.17. The fourth-order valence-electron chi connectivity index (χ4n) is 2.24. The van der Waals surface area contributed by atoms with Crippen molar-refractivity contribution >= 4 is 11.6 Å². The molecular weight excluding hydrogens is 227 g/mol. The Morgan fingerprint density at radius 2 is 2.06 bits per heavy atom. The molecule has 1 atom stereocenters. The summed E-state index contributed by atoms with van der Waals surface area (Å²) in [5, 5.41) is 0. The number of rotatable bonds is 3. The molecule has 1 saturated heterocycles. The predicted octanol–water partition coefficient (Wildman–Crippen LogP) is 3.40. The van der Waals surface area contributed by atoms with Gasteiger partial charge >= 0.3 is 0 Å². The Morgan fingerprint density at radius 3 is 2.62 bits per heavy atom. The van der Waals surface area contributed by atoms with Crippen LogP contribution in [0.5, 0.6) is 0 Å². The van der Waals surface area contributed by atoms with Crippen LogP contribution in [0, 0.1) is 11.2 Å². The van der Waals surface area contributed by atoms with Crippen molar-refractivity contribution in [2.45, 2.75) is 19.3 Å². The van der Waals surface area contributed by atoms with Crippen LogP contribution in [0.3, 0.4) is 0 Å². The number of halogens is 2. The lowest BCUT2D eigenvalue weighted by atomic mass is 9.79. The summed E-state index contributed by atoms with van der Waals surface area (Å²) in [6.07, 6.45) is 3.03. The molecule has 1 aliphatic rings. The highest BCUT2D eigenvalue weighted by Gasteiger charge is 2.32. The molecule has 1 fully saturated rings. The van der Waals surface area contributed by atoms with Gasteiger partial charge in [0.15, 0.2) is 0 Å². The summed E-state index contributed by atoms with van der Waals surface area (Å²) in [7, 11) is 0. The van der Waals surface area contributed by atoms with E-state index in [9.17, 15) is 4.39 Å². The molecule has 1 nitrogen and oxygen atoms in total. The second-order valence-corrected chi connectivity index (χ2v) is 4.86. The zero-order valence-electron chi connectivity index (χ0n) is 9.22. The summed E-state index contributed by atoms with van der Waals surface area (Å²) >= 11 is 6.06. The molecule has 88 valence electrons. The Hall–Kier alpha value is -0.600. The molecule has 0 spiro atoms. The van der Waals surface area contributed by atoms with Crippen molar-refractivity contribution in [3.8, 4) is 0 Å². The van der Waals surface area contributed by atoms with E-state index in [1.807, 2.05) is 12.1 Å². The van der Waals surface area contributed by atoms with Gasteiger partial charge in [0.1, 0.15) is 5.82 Å². The molecule has 1 heterocycles. The lowest BCUT2D eigenvalue weighted by Gasteiger charge is -2.35. The van der Waals surface area contributed by atoms with Gasteiger partial charge in [0, 0.05) is 17.9 Å². The van der Waals surface area contributed by atoms with Crippen LogP contribution in [0.4, 0.5) is 4.39 Å². The molecule has 0 bridgehead atoms. The second-order valence-electron chi connectivity index (χ2n) is 4.59. The molecule has 1 aromatic rings. The van der Waals surface area contributed by atoms with E-state index in [2.05, 4.69) is 0 Å². The van der Waals surface area contributed by atoms with E-state index in [0.29, 0.717) is 12.5 Å². The third-order valence-corrected chi connectivity index (χ3v) is 3.75. The van der Waals surface area contributed by atoms with Crippen molar-refractivity contribution < 1.29 is 9.13 Å². The highest BCUT2D eigenvalue weighted by atomic mass is 35.5. The van der Waals surface area contributed by atoms with Crippen molar-refractivity contribution in [2.24, 2.45) is 5.41 Å². The largest absolute Gasteiger partial charge is 0.381 e. The third-order valence-electron chi connectivity index (χ3n) is 3.18. The summed E-state index contributed by atoms with van der Waals surface area (Å²) in [5.74, 6) is 0.410. The van der Waals surface area contributed by atoms with E-state index < -0.39 is 0 Å². The van der Waals surface area contributed by atoms with Gasteiger partial charge < -0.3 is 4.74 Å². The molecule has 16 heavy (non-hydrogen) atoms. The van der Waals surface area contributed by atoms with E-state index in [-0.39, 0.29) is 11.2 Å². The maximum atomic E-state index is 12.8. The summed E-state index contributed by atoms with van der Waals surface area (Å²) in [4.78, 5) is 0. The fourth-order valence-corrected chi connectivity index (χ4v) is 2.54. The summed E-state index contributed by atoms with van der Waals surface area (Å²) < 4.78 is 18.3. The van der Waals surface area contributed by atoms with Crippen molar-refractivity contribution in [3.63, 3.8) is 0 Å². The Labute approximate surface area is 101 Å². The smallest absolute Gasteiger partial charge is 0.123 e. The number of ether oxygens (including phenoxy) is 1. The van der Waals surface area contributed by atoms with Gasteiger partial charge in [0.05, 0.1) is 6.61 Å². The molecule has 1 unspecified atom stereocenters. The van der Waals surface area contributed by atoms with Crippen LogP contribution >= 0.6 is 11.6 Å². The number of hydrogen-bond acceptors (Lipinski definition) is 1. The second kappa shape index (κ2) is 5.15. The first-order chi connectivity index (χ1) is 7.74. The van der Waals surface area contributed by atoms with Crippen LogP contribution in [0.15, 0.2) is 24.3 Å². The van der Waals surface area contributed by atoms with E-state index >= 15 is 0 Å². The normalized spacial score (nSPS) is 25.6. The minimum atomic E-state index is -0.191. The van der Waals surface area contributed by atoms with Crippen molar-refractivity contribution in [1.82, 2.24) is 0 Å². The molecule has 0 aromatic heterocycles. The molecule has 0 N–H and O–H groups in total. The Balaban J connectivity index is 2.08. The molecule has 1 aliphatic heterocycles. The first-order valence-corrected chi connectivity index (χ1v) is 6.16. The first kappa shape index (κ1) is 11.9. The van der Waals surface area contributed by atoms with E-state index in [4.69, 9.17) is 16.3 Å². The van der Waals surface area contributed by atoms with E-state index in [1.54, 1.807) is 0 Å². The standard InChI is InChI=1S/C13H16ClFO/c14-9-13(6-1-7-16-10-13)8-11-2-4-12(15)5-3-11/h2-5H,1,6-10H2. The first-order valence-electron chi connectivity index (χ1n) is 5.62. The Morgan fingerprint density at radius 1 is 1.31 bits per heavy atom. The molecule has 0 saturated carbocycles. The van der Waals surface area contributed by atoms with Crippen LogP contribution in [0.25, 0.3) is 0 Å². The van der Waals surface area contributed by atoms with Gasteiger partial charge in [-0.1, -0.05) is 12.1 Å². The van der Waals surface area contributed by atoms with Gasteiger partial charge in [0.2, 0.25) is 0 Å². The van der Waals surface area contributed by atoms with Gasteiger partial charge in [-0.3, -0.25) is 0 Å². The molecule has 0 aliphatic carbocycles. The van der Waals surface area contributed by atoms with Gasteiger partial charge in [-0.05, 0) is 37.0 Å². The average Bonchev–Trinajstić information content (AvgIpc) is 2.33. The van der Waals surface area contributed by atoms with E-state index in [0.717, 1.165) is 31.4 Å². The number of benzene rings is 1. The van der Waals surface area contributed by atoms with Gasteiger partial charge in [-0.15, -0.1) is 11.6 Å². The zero-order valence-corrected chi connectivity index (χ0v) is 9.97. The molecule has 3 heteroatoms. The topological polar surface area (TPSA) is 9.23 Å². The number of hydrogen-bond donors (Lipinski definition) is 0. The van der Waals surface area contributed by atoms with Crippen LogP contribution in [0.2, 0.25) is 0 Å². The minimum absolute atomic E-state index is 0.0393. The third kappa shape index (κ3) is 2.74. The minimum Gasteiger partial charge on any atom is -0.381 e. The van der Waals surface area contributed by atoms with Gasteiger partial charge in [0.25, 0.3) is 0 Å². The Bertz CT molecular complexity index is 330. The molecule has 1 aromatic carbocycles. The molecule has 0 radical (unpaired) electrons. The SMILES string of the molecule is Fc1ccc(CC2(CCl)CCCOC2)cc1. The van der Waals surface area contributed by atoms with Crippen molar-refractivity contribution in [2.75, 3.05) is 19.1 Å². The van der Waals surface area contributed by atoms with Gasteiger partial charge in [-0.2, -0.15) is 0 Å². The lowest BCUT2D eigenvalue weighted by molar-refractivity contribution is 0.00477. The van der Waals surface area contributed by atoms with E-state index in [1.165, 1.54) is 12.1 Å². The van der Waals surface area contributed by atoms with Crippen molar-refractivity contribution in [3.05, 3.63) is 35.6 Å². The molecular formula is C13H16ClFO. The highest BCUT2D eigenvalue weighted by molar-refractivity contribution is 6.18. The Kier molecular flexibility index (Phi) is 3.82. The van der Waals surface area contributed by atoms with Crippen molar-refractivity contribution in [1.29, 1.82) is 0 Å². The monoisotopic (exact) mass is 242 g/mol. The van der Waals surface area contributed by atoms with Gasteiger partial charge in [-0.25, -0.2) is 4.39 Å². The fraction of sp³-hybridized carbons (Fsp3) is 0.538.